The van der Waals surface area contributed by atoms with Crippen molar-refractivity contribution in [1.29, 1.82) is 0 Å². The Balaban J connectivity index is 1.82. The average molecular weight is 353 g/mol. The van der Waals surface area contributed by atoms with Gasteiger partial charge in [-0.05, 0) is 39.3 Å². The van der Waals surface area contributed by atoms with Gasteiger partial charge in [-0.2, -0.15) is 0 Å². The summed E-state index contributed by atoms with van der Waals surface area (Å²) in [5.41, 5.74) is 1.26. The number of hydrogen-bond donors (Lipinski definition) is 0. The number of fused-ring (bicyclic) bond motifs is 2. The van der Waals surface area contributed by atoms with Crippen LogP contribution in [-0.4, -0.2) is 10.7 Å². The van der Waals surface area contributed by atoms with Gasteiger partial charge in [-0.25, -0.2) is 0 Å². The molecule has 4 aromatic rings. The molecular weight excluding hydrogens is 338 g/mol. The summed E-state index contributed by atoms with van der Waals surface area (Å²) in [4.78, 5) is 23.5. The maximum absolute atomic E-state index is 13.0. The Kier molecular flexibility index (Phi) is 4.22. The van der Waals surface area contributed by atoms with E-state index in [1.54, 1.807) is 18.2 Å². The maximum atomic E-state index is 13.0. The second kappa shape index (κ2) is 6.84. The van der Waals surface area contributed by atoms with Crippen molar-refractivity contribution < 1.29 is 9.72 Å². The van der Waals surface area contributed by atoms with Crippen molar-refractivity contribution in [2.75, 3.05) is 0 Å². The normalized spacial score (nSPS) is 11.3. The number of non-ortho nitro benzene ring substituents is 1. The van der Waals surface area contributed by atoms with Gasteiger partial charge in [-0.15, -0.1) is 0 Å². The highest BCUT2D eigenvalue weighted by Gasteiger charge is 2.13. The van der Waals surface area contributed by atoms with Crippen LogP contribution in [0.5, 0.6) is 0 Å². The molecule has 0 aromatic heterocycles. The summed E-state index contributed by atoms with van der Waals surface area (Å²) in [6.45, 7) is 0. The lowest BCUT2D eigenvalue weighted by molar-refractivity contribution is -0.384. The monoisotopic (exact) mass is 353 g/mol. The lowest BCUT2D eigenvalue weighted by Gasteiger charge is -2.09. The van der Waals surface area contributed by atoms with Crippen LogP contribution in [0.4, 0.5) is 5.69 Å². The van der Waals surface area contributed by atoms with Crippen molar-refractivity contribution in [3.63, 3.8) is 0 Å². The molecular formula is C23H15NO3. The lowest BCUT2D eigenvalue weighted by Crippen LogP contribution is -1.98. The van der Waals surface area contributed by atoms with Crippen molar-refractivity contribution in [2.24, 2.45) is 0 Å². The third kappa shape index (κ3) is 3.20. The first-order chi connectivity index (χ1) is 13.1. The first-order valence-corrected chi connectivity index (χ1v) is 8.51. The van der Waals surface area contributed by atoms with Gasteiger partial charge >= 0.3 is 0 Å². The van der Waals surface area contributed by atoms with E-state index < -0.39 is 4.92 Å². The zero-order valence-corrected chi connectivity index (χ0v) is 14.3. The molecule has 4 aromatic carbocycles. The third-order valence-corrected chi connectivity index (χ3v) is 4.53. The number of nitro groups is 1. The molecule has 27 heavy (non-hydrogen) atoms. The zero-order chi connectivity index (χ0) is 18.8. The van der Waals surface area contributed by atoms with Crippen LogP contribution in [0, 0.1) is 10.1 Å². The van der Waals surface area contributed by atoms with Crippen LogP contribution >= 0.6 is 0 Å². The fourth-order valence-electron chi connectivity index (χ4n) is 3.28. The summed E-state index contributed by atoms with van der Waals surface area (Å²) in [6.07, 6.45) is 3.10. The van der Waals surface area contributed by atoms with Crippen LogP contribution in [0.15, 0.2) is 84.9 Å². The highest BCUT2D eigenvalue weighted by Crippen LogP contribution is 2.29. The molecule has 0 saturated carbocycles. The summed E-state index contributed by atoms with van der Waals surface area (Å²) in [6, 6.07) is 23.9. The standard InChI is InChI=1S/C23H15NO3/c25-22(13-12-16-6-5-9-19(14-16)24(26)27)23-20-10-3-1-7-17(20)15-18-8-2-4-11-21(18)23/h1-15H. The molecule has 0 spiro atoms. The number of ketones is 1. The molecule has 4 rings (SSSR count). The van der Waals surface area contributed by atoms with E-state index in [2.05, 4.69) is 6.07 Å². The molecule has 0 N–H and O–H groups in total. The Bertz CT molecular complexity index is 1170. The van der Waals surface area contributed by atoms with E-state index in [0.717, 1.165) is 21.5 Å². The van der Waals surface area contributed by atoms with Gasteiger partial charge in [0.05, 0.1) is 4.92 Å². The zero-order valence-electron chi connectivity index (χ0n) is 14.3. The molecule has 0 unspecified atom stereocenters. The number of nitrogens with zero attached hydrogens (tertiary/aromatic N) is 1. The Labute approximate surface area is 155 Å². The number of carbonyl (C=O) groups is 1. The van der Waals surface area contributed by atoms with Crippen LogP contribution in [-0.2, 0) is 0 Å². The number of hydrogen-bond acceptors (Lipinski definition) is 3. The second-order valence-corrected chi connectivity index (χ2v) is 6.24. The van der Waals surface area contributed by atoms with Crippen LogP contribution in [0.25, 0.3) is 27.6 Å². The average Bonchev–Trinajstić information content (AvgIpc) is 2.70. The smallest absolute Gasteiger partial charge is 0.270 e. The van der Waals surface area contributed by atoms with Gasteiger partial charge in [0.15, 0.2) is 5.78 Å². The van der Waals surface area contributed by atoms with E-state index in [0.29, 0.717) is 11.1 Å². The minimum absolute atomic E-state index is 0.000194. The first kappa shape index (κ1) is 16.7. The SMILES string of the molecule is O=C(C=Cc1cccc([N+](=O)[O-])c1)c1c2ccccc2cc2ccccc12. The highest BCUT2D eigenvalue weighted by atomic mass is 16.6. The van der Waals surface area contributed by atoms with Gasteiger partial charge in [0.25, 0.3) is 5.69 Å². The summed E-state index contributed by atoms with van der Waals surface area (Å²) in [7, 11) is 0. The van der Waals surface area contributed by atoms with Gasteiger partial charge in [-0.1, -0.05) is 66.7 Å². The molecule has 0 radical (unpaired) electrons. The van der Waals surface area contributed by atoms with E-state index in [-0.39, 0.29) is 11.5 Å². The van der Waals surface area contributed by atoms with Crippen LogP contribution in [0.1, 0.15) is 15.9 Å². The fourth-order valence-corrected chi connectivity index (χ4v) is 3.28. The molecule has 0 bridgehead atoms. The molecule has 0 aliphatic carbocycles. The van der Waals surface area contributed by atoms with Gasteiger partial charge in [0, 0.05) is 17.7 Å². The highest BCUT2D eigenvalue weighted by molar-refractivity contribution is 6.23. The van der Waals surface area contributed by atoms with Gasteiger partial charge in [-0.3, -0.25) is 14.9 Å². The van der Waals surface area contributed by atoms with Crippen LogP contribution in [0.3, 0.4) is 0 Å². The van der Waals surface area contributed by atoms with Crippen molar-refractivity contribution in [3.05, 3.63) is 106 Å². The Morgan fingerprint density at radius 1 is 0.815 bits per heavy atom. The summed E-state index contributed by atoms with van der Waals surface area (Å²) in [5, 5.41) is 14.7. The van der Waals surface area contributed by atoms with E-state index in [1.807, 2.05) is 48.5 Å². The lowest BCUT2D eigenvalue weighted by atomic mass is 9.94. The third-order valence-electron chi connectivity index (χ3n) is 4.53. The summed E-state index contributed by atoms with van der Waals surface area (Å²) in [5.74, 6) is -0.130. The van der Waals surface area contributed by atoms with E-state index in [1.165, 1.54) is 18.2 Å². The minimum Gasteiger partial charge on any atom is -0.289 e. The minimum atomic E-state index is -0.447. The van der Waals surface area contributed by atoms with Crippen molar-refractivity contribution in [2.45, 2.75) is 0 Å². The number of benzene rings is 4. The number of allylic oxidation sites excluding steroid dienone is 1. The maximum Gasteiger partial charge on any atom is 0.270 e. The molecule has 4 nitrogen and oxygen atoms in total. The van der Waals surface area contributed by atoms with E-state index in [4.69, 9.17) is 0 Å². The Morgan fingerprint density at radius 3 is 2.07 bits per heavy atom. The molecule has 4 heteroatoms. The second-order valence-electron chi connectivity index (χ2n) is 6.24. The predicted octanol–water partition coefficient (Wildman–Crippen LogP) is 5.80. The molecule has 0 aliphatic heterocycles. The molecule has 130 valence electrons. The topological polar surface area (TPSA) is 60.2 Å². The quantitative estimate of drug-likeness (QED) is 0.153. The molecule has 0 fully saturated rings. The van der Waals surface area contributed by atoms with Crippen LogP contribution < -0.4 is 0 Å². The van der Waals surface area contributed by atoms with Crippen molar-refractivity contribution in [3.8, 4) is 0 Å². The first-order valence-electron chi connectivity index (χ1n) is 8.51. The number of rotatable bonds is 4. The van der Waals surface area contributed by atoms with Crippen molar-refractivity contribution in [1.82, 2.24) is 0 Å². The van der Waals surface area contributed by atoms with Crippen molar-refractivity contribution >= 4 is 39.1 Å². The number of carbonyl (C=O) groups excluding carboxylic acids is 1. The molecule has 0 saturated heterocycles. The Hall–Kier alpha value is -3.79. The van der Waals surface area contributed by atoms with Gasteiger partial charge < -0.3 is 0 Å². The Morgan fingerprint density at radius 2 is 1.44 bits per heavy atom. The predicted molar refractivity (Wildman–Crippen MR) is 108 cm³/mol. The fraction of sp³-hybridized carbons (Fsp3) is 0. The van der Waals surface area contributed by atoms with Crippen LogP contribution in [0.2, 0.25) is 0 Å². The van der Waals surface area contributed by atoms with E-state index in [9.17, 15) is 14.9 Å². The summed E-state index contributed by atoms with van der Waals surface area (Å²) >= 11 is 0. The molecule has 0 aliphatic rings. The van der Waals surface area contributed by atoms with Gasteiger partial charge in [0.2, 0.25) is 0 Å². The molecule has 0 atom stereocenters. The summed E-state index contributed by atoms with van der Waals surface area (Å²) < 4.78 is 0. The largest absolute Gasteiger partial charge is 0.289 e. The van der Waals surface area contributed by atoms with E-state index >= 15 is 0 Å². The molecule has 0 amide bonds. The van der Waals surface area contributed by atoms with Gasteiger partial charge in [0.1, 0.15) is 0 Å². The molecule has 0 heterocycles. The number of nitro benzene ring substituents is 1.